The Bertz CT molecular complexity index is 2040. The number of hydrogen-bond donors (Lipinski definition) is 0. The second kappa shape index (κ2) is 8.96. The van der Waals surface area contributed by atoms with Crippen molar-refractivity contribution >= 4 is 49.3 Å². The molecule has 1 aliphatic carbocycles. The molecule has 40 heavy (non-hydrogen) atoms. The molecule has 1 aliphatic rings. The van der Waals surface area contributed by atoms with Gasteiger partial charge in [0.2, 0.25) is 0 Å². The molecule has 0 saturated heterocycles. The molecule has 0 radical (unpaired) electrons. The molecular weight excluding hydrogens is 574 g/mol. The average Bonchev–Trinajstić information content (AvgIpc) is 3.49. The molecule has 1 heterocycles. The lowest BCUT2D eigenvalue weighted by molar-refractivity contribution is 0.768. The van der Waals surface area contributed by atoms with Crippen molar-refractivity contribution in [1.82, 2.24) is 4.57 Å². The predicted octanol–water partition coefficient (Wildman–Crippen LogP) is 10.6. The summed E-state index contributed by atoms with van der Waals surface area (Å²) >= 11 is 10.7. The summed E-state index contributed by atoms with van der Waals surface area (Å²) in [5, 5.41) is 3.17. The Labute approximate surface area is 246 Å². The molecule has 8 rings (SSSR count). The third kappa shape index (κ3) is 3.15. The second-order valence-corrected chi connectivity index (χ2v) is 11.7. The van der Waals surface area contributed by atoms with Crippen molar-refractivity contribution in [3.05, 3.63) is 171 Å². The molecule has 190 valence electrons. The molecule has 0 bridgehead atoms. The number of rotatable bonds is 3. The van der Waals surface area contributed by atoms with Crippen molar-refractivity contribution in [2.75, 3.05) is 0 Å². The standard InChI is InChI=1S/C37H23BrClN/c38-26-19-20-29-31(23-26)37(24-11-3-1-4-12-24,25-13-5-2-6-14-25)30-22-21-28-27-15-7-9-17-33(27)40(36(28)35(29)30)34-18-10-8-16-32(34)39/h1-23H. The van der Waals surface area contributed by atoms with E-state index in [0.717, 1.165) is 20.7 Å². The van der Waals surface area contributed by atoms with Crippen LogP contribution in [0.3, 0.4) is 0 Å². The van der Waals surface area contributed by atoms with E-state index < -0.39 is 5.41 Å². The van der Waals surface area contributed by atoms with Gasteiger partial charge in [0.05, 0.1) is 27.2 Å². The number of halogens is 2. The maximum absolute atomic E-state index is 6.91. The molecule has 3 heteroatoms. The van der Waals surface area contributed by atoms with Crippen LogP contribution in [0, 0.1) is 0 Å². The largest absolute Gasteiger partial charge is 0.307 e. The highest BCUT2D eigenvalue weighted by Gasteiger charge is 2.47. The van der Waals surface area contributed by atoms with Crippen LogP contribution >= 0.6 is 27.5 Å². The quantitative estimate of drug-likeness (QED) is 0.191. The molecule has 0 saturated carbocycles. The van der Waals surface area contributed by atoms with E-state index in [0.29, 0.717) is 0 Å². The summed E-state index contributed by atoms with van der Waals surface area (Å²) in [6.45, 7) is 0. The van der Waals surface area contributed by atoms with Crippen molar-refractivity contribution in [1.29, 1.82) is 0 Å². The van der Waals surface area contributed by atoms with Gasteiger partial charge in [0.15, 0.2) is 0 Å². The van der Waals surface area contributed by atoms with Crippen LogP contribution in [0.15, 0.2) is 144 Å². The van der Waals surface area contributed by atoms with Crippen molar-refractivity contribution in [3.63, 3.8) is 0 Å². The monoisotopic (exact) mass is 595 g/mol. The van der Waals surface area contributed by atoms with Gasteiger partial charge >= 0.3 is 0 Å². The highest BCUT2D eigenvalue weighted by atomic mass is 79.9. The minimum absolute atomic E-state index is 0.479. The smallest absolute Gasteiger partial charge is 0.0714 e. The van der Waals surface area contributed by atoms with Gasteiger partial charge in [0.1, 0.15) is 0 Å². The Balaban J connectivity index is 1.63. The molecule has 0 unspecified atom stereocenters. The van der Waals surface area contributed by atoms with Crippen LogP contribution in [-0.2, 0) is 5.41 Å². The lowest BCUT2D eigenvalue weighted by Crippen LogP contribution is -2.28. The minimum atomic E-state index is -0.479. The third-order valence-electron chi connectivity index (χ3n) is 8.40. The van der Waals surface area contributed by atoms with Crippen LogP contribution < -0.4 is 0 Å². The van der Waals surface area contributed by atoms with E-state index in [1.165, 1.54) is 49.7 Å². The molecular formula is C37H23BrClN. The fourth-order valence-electron chi connectivity index (χ4n) is 6.88. The molecule has 0 spiro atoms. The van der Waals surface area contributed by atoms with Crippen LogP contribution in [-0.4, -0.2) is 4.57 Å². The first-order valence-corrected chi connectivity index (χ1v) is 14.6. The summed E-state index contributed by atoms with van der Waals surface area (Å²) in [6.07, 6.45) is 0. The number of benzene rings is 6. The molecule has 0 aliphatic heterocycles. The molecule has 0 N–H and O–H groups in total. The van der Waals surface area contributed by atoms with Gasteiger partial charge in [-0.1, -0.05) is 137 Å². The molecule has 0 atom stereocenters. The predicted molar refractivity (Wildman–Crippen MR) is 171 cm³/mol. The number of aromatic nitrogens is 1. The van der Waals surface area contributed by atoms with Gasteiger partial charge in [-0.25, -0.2) is 0 Å². The normalized spacial score (nSPS) is 13.4. The number of fused-ring (bicyclic) bond motifs is 7. The zero-order valence-corrected chi connectivity index (χ0v) is 23.8. The van der Waals surface area contributed by atoms with Crippen LogP contribution in [0.5, 0.6) is 0 Å². The Morgan fingerprint density at radius 2 is 1.23 bits per heavy atom. The first-order valence-electron chi connectivity index (χ1n) is 13.4. The molecule has 0 amide bonds. The molecule has 0 fully saturated rings. The summed E-state index contributed by atoms with van der Waals surface area (Å²) in [4.78, 5) is 0. The van der Waals surface area contributed by atoms with E-state index in [9.17, 15) is 0 Å². The van der Waals surface area contributed by atoms with Gasteiger partial charge in [-0.05, 0) is 58.1 Å². The van der Waals surface area contributed by atoms with Gasteiger partial charge in [0.25, 0.3) is 0 Å². The van der Waals surface area contributed by atoms with E-state index in [4.69, 9.17) is 11.6 Å². The highest BCUT2D eigenvalue weighted by molar-refractivity contribution is 9.10. The van der Waals surface area contributed by atoms with Crippen molar-refractivity contribution in [2.24, 2.45) is 0 Å². The maximum Gasteiger partial charge on any atom is 0.0714 e. The first-order chi connectivity index (χ1) is 19.7. The summed E-state index contributed by atoms with van der Waals surface area (Å²) in [6, 6.07) is 50.1. The van der Waals surface area contributed by atoms with Crippen molar-refractivity contribution in [2.45, 2.75) is 5.41 Å². The van der Waals surface area contributed by atoms with Crippen LogP contribution in [0.4, 0.5) is 0 Å². The summed E-state index contributed by atoms with van der Waals surface area (Å²) in [5.41, 5.74) is 10.4. The highest BCUT2D eigenvalue weighted by Crippen LogP contribution is 2.59. The van der Waals surface area contributed by atoms with Gasteiger partial charge in [-0.3, -0.25) is 0 Å². The number of hydrogen-bond acceptors (Lipinski definition) is 0. The topological polar surface area (TPSA) is 4.93 Å². The molecule has 6 aromatic carbocycles. The first kappa shape index (κ1) is 23.7. The van der Waals surface area contributed by atoms with E-state index in [1.54, 1.807) is 0 Å². The number of para-hydroxylation sites is 2. The Hall–Kier alpha value is -4.11. The number of nitrogens with zero attached hydrogens (tertiary/aromatic N) is 1. The zero-order chi connectivity index (χ0) is 26.8. The van der Waals surface area contributed by atoms with Crippen LogP contribution in [0.1, 0.15) is 22.3 Å². The van der Waals surface area contributed by atoms with Gasteiger partial charge in [-0.15, -0.1) is 0 Å². The molecule has 1 aromatic heterocycles. The van der Waals surface area contributed by atoms with Gasteiger partial charge in [-0.2, -0.15) is 0 Å². The molecule has 7 aromatic rings. The van der Waals surface area contributed by atoms with E-state index in [1.807, 2.05) is 12.1 Å². The van der Waals surface area contributed by atoms with E-state index >= 15 is 0 Å². The fourth-order valence-corrected chi connectivity index (χ4v) is 7.46. The van der Waals surface area contributed by atoms with E-state index in [-0.39, 0.29) is 0 Å². The zero-order valence-electron chi connectivity index (χ0n) is 21.5. The van der Waals surface area contributed by atoms with Crippen molar-refractivity contribution < 1.29 is 0 Å². The van der Waals surface area contributed by atoms with Gasteiger partial charge < -0.3 is 4.57 Å². The lowest BCUT2D eigenvalue weighted by Gasteiger charge is -2.34. The second-order valence-electron chi connectivity index (χ2n) is 10.4. The lowest BCUT2D eigenvalue weighted by atomic mass is 9.67. The van der Waals surface area contributed by atoms with Crippen molar-refractivity contribution in [3.8, 4) is 16.8 Å². The van der Waals surface area contributed by atoms with Gasteiger partial charge in [0, 0.05) is 20.8 Å². The SMILES string of the molecule is Clc1ccccc1-n1c2ccccc2c2ccc3c(c21)-c1ccc(Br)cc1C3(c1ccccc1)c1ccccc1. The summed E-state index contributed by atoms with van der Waals surface area (Å²) < 4.78 is 3.43. The fraction of sp³-hybridized carbons (Fsp3) is 0.0270. The maximum atomic E-state index is 6.91. The van der Waals surface area contributed by atoms with Crippen LogP contribution in [0.2, 0.25) is 5.02 Å². The minimum Gasteiger partial charge on any atom is -0.307 e. The average molecular weight is 597 g/mol. The van der Waals surface area contributed by atoms with E-state index in [2.05, 4.69) is 148 Å². The molecule has 1 nitrogen and oxygen atoms in total. The third-order valence-corrected chi connectivity index (χ3v) is 9.22. The van der Waals surface area contributed by atoms with Crippen LogP contribution in [0.25, 0.3) is 38.6 Å². The summed E-state index contributed by atoms with van der Waals surface area (Å²) in [5.74, 6) is 0. The Kier molecular flexibility index (Phi) is 5.32. The Morgan fingerprint density at radius 1 is 0.575 bits per heavy atom. The summed E-state index contributed by atoms with van der Waals surface area (Å²) in [7, 11) is 0. The Morgan fingerprint density at radius 3 is 1.95 bits per heavy atom.